The normalized spacial score (nSPS) is 14.7. The summed E-state index contributed by atoms with van der Waals surface area (Å²) in [6.45, 7) is 2.24. The first-order valence-electron chi connectivity index (χ1n) is 8.87. The average molecular weight is 432 g/mol. The minimum Gasteiger partial charge on any atom is -0.480 e. The fraction of sp³-hybridized carbons (Fsp3) is 0.625. The third-order valence-corrected chi connectivity index (χ3v) is 3.84. The Morgan fingerprint density at radius 1 is 0.800 bits per heavy atom. The summed E-state index contributed by atoms with van der Waals surface area (Å²) < 4.78 is 0. The number of amides is 5. The van der Waals surface area contributed by atoms with Crippen molar-refractivity contribution in [2.45, 2.75) is 50.9 Å². The minimum absolute atomic E-state index is 0.487. The number of hydrogen-bond donors (Lipinski definition) is 8. The standard InChI is InChI=1S/C16H28N6O8/c1-6(2)12(15(28)20-8(16(29)30)4-11(19)25)22-14(27)9(5-23)21-13(26)7(17)3-10(18)24/h6-9,12,23H,3-5,17H2,1-2H3,(H2,18,24)(H2,19,25)(H,20,28)(H,21,26)(H,22,27)(H,29,30). The zero-order valence-electron chi connectivity index (χ0n) is 16.6. The Morgan fingerprint density at radius 3 is 1.70 bits per heavy atom. The van der Waals surface area contributed by atoms with Crippen molar-refractivity contribution in [1.29, 1.82) is 0 Å². The molecule has 0 aliphatic rings. The van der Waals surface area contributed by atoms with Crippen LogP contribution in [0.2, 0.25) is 0 Å². The van der Waals surface area contributed by atoms with Gasteiger partial charge in [-0.2, -0.15) is 0 Å². The Balaban J connectivity index is 5.21. The number of primary amides is 2. The second kappa shape index (κ2) is 12.3. The first-order valence-corrected chi connectivity index (χ1v) is 8.87. The van der Waals surface area contributed by atoms with E-state index in [-0.39, 0.29) is 0 Å². The van der Waals surface area contributed by atoms with E-state index in [4.69, 9.17) is 22.3 Å². The highest BCUT2D eigenvalue weighted by Crippen LogP contribution is 2.05. The van der Waals surface area contributed by atoms with Gasteiger partial charge in [0.1, 0.15) is 18.1 Å². The van der Waals surface area contributed by atoms with Crippen molar-refractivity contribution in [3.05, 3.63) is 0 Å². The van der Waals surface area contributed by atoms with Gasteiger partial charge < -0.3 is 43.4 Å². The monoisotopic (exact) mass is 432 g/mol. The van der Waals surface area contributed by atoms with E-state index in [9.17, 15) is 33.9 Å². The molecule has 0 radical (unpaired) electrons. The Morgan fingerprint density at radius 2 is 1.30 bits per heavy atom. The van der Waals surface area contributed by atoms with Gasteiger partial charge in [-0.3, -0.25) is 24.0 Å². The molecule has 0 aromatic rings. The van der Waals surface area contributed by atoms with Crippen LogP contribution >= 0.6 is 0 Å². The van der Waals surface area contributed by atoms with E-state index in [0.29, 0.717) is 0 Å². The lowest BCUT2D eigenvalue weighted by Crippen LogP contribution is -2.59. The van der Waals surface area contributed by atoms with Crippen molar-refractivity contribution < 1.29 is 39.0 Å². The smallest absolute Gasteiger partial charge is 0.326 e. The van der Waals surface area contributed by atoms with Crippen molar-refractivity contribution in [2.75, 3.05) is 6.61 Å². The van der Waals surface area contributed by atoms with Gasteiger partial charge >= 0.3 is 5.97 Å². The number of hydrogen-bond acceptors (Lipinski definition) is 8. The first kappa shape index (κ1) is 26.7. The van der Waals surface area contributed by atoms with E-state index >= 15 is 0 Å². The molecule has 0 aromatic heterocycles. The number of aliphatic hydroxyl groups is 1. The summed E-state index contributed by atoms with van der Waals surface area (Å²) >= 11 is 0. The predicted molar refractivity (Wildman–Crippen MR) is 101 cm³/mol. The summed E-state index contributed by atoms with van der Waals surface area (Å²) in [5.74, 6) is -6.65. The number of carbonyl (C=O) groups is 6. The molecular weight excluding hydrogens is 404 g/mol. The number of carbonyl (C=O) groups excluding carboxylic acids is 5. The molecule has 0 saturated heterocycles. The molecule has 0 fully saturated rings. The molecule has 4 unspecified atom stereocenters. The largest absolute Gasteiger partial charge is 0.480 e. The molecule has 5 amide bonds. The molecule has 14 heteroatoms. The van der Waals surface area contributed by atoms with E-state index in [1.807, 2.05) is 0 Å². The average Bonchev–Trinajstić information content (AvgIpc) is 2.61. The summed E-state index contributed by atoms with van der Waals surface area (Å²) in [5, 5.41) is 25.0. The highest BCUT2D eigenvalue weighted by molar-refractivity contribution is 5.95. The summed E-state index contributed by atoms with van der Waals surface area (Å²) in [6, 6.07) is -5.73. The zero-order valence-corrected chi connectivity index (χ0v) is 16.6. The predicted octanol–water partition coefficient (Wildman–Crippen LogP) is -4.75. The maximum absolute atomic E-state index is 12.4. The number of carboxylic acids is 1. The van der Waals surface area contributed by atoms with Crippen LogP contribution in [0, 0.1) is 5.92 Å². The van der Waals surface area contributed by atoms with E-state index in [1.165, 1.54) is 0 Å². The Hall–Kier alpha value is -3.26. The Labute approximate surface area is 171 Å². The minimum atomic E-state index is -1.60. The lowest BCUT2D eigenvalue weighted by molar-refractivity contribution is -0.144. The number of nitrogens with one attached hydrogen (secondary N) is 3. The van der Waals surface area contributed by atoms with Gasteiger partial charge in [-0.05, 0) is 5.92 Å². The maximum atomic E-state index is 12.4. The molecule has 4 atom stereocenters. The third kappa shape index (κ3) is 9.29. The molecule has 0 aliphatic heterocycles. The van der Waals surface area contributed by atoms with Crippen LogP contribution in [-0.2, 0) is 28.8 Å². The number of nitrogens with two attached hydrogens (primary N) is 3. The van der Waals surface area contributed by atoms with Gasteiger partial charge in [-0.15, -0.1) is 0 Å². The topological polar surface area (TPSA) is 257 Å². The highest BCUT2D eigenvalue weighted by Gasteiger charge is 2.32. The SMILES string of the molecule is CC(C)C(NC(=O)C(CO)NC(=O)C(N)CC(N)=O)C(=O)NC(CC(N)=O)C(=O)O. The summed E-state index contributed by atoms with van der Waals surface area (Å²) in [6.07, 6.45) is -1.15. The van der Waals surface area contributed by atoms with Crippen LogP contribution in [0.15, 0.2) is 0 Å². The lowest BCUT2D eigenvalue weighted by Gasteiger charge is -2.26. The Kier molecular flexibility index (Phi) is 11.0. The van der Waals surface area contributed by atoms with Gasteiger partial charge in [0.2, 0.25) is 29.5 Å². The second-order valence-electron chi connectivity index (χ2n) is 6.82. The Bertz CT molecular complexity index is 683. The fourth-order valence-electron chi connectivity index (χ4n) is 2.23. The quantitative estimate of drug-likeness (QED) is 0.139. The number of aliphatic hydroxyl groups excluding tert-OH is 1. The van der Waals surface area contributed by atoms with Crippen LogP contribution in [-0.4, -0.2) is 76.5 Å². The second-order valence-corrected chi connectivity index (χ2v) is 6.82. The molecule has 0 aromatic carbocycles. The van der Waals surface area contributed by atoms with Gasteiger partial charge in [0.05, 0.1) is 25.5 Å². The van der Waals surface area contributed by atoms with E-state index in [0.717, 1.165) is 0 Å². The summed E-state index contributed by atoms with van der Waals surface area (Å²) in [7, 11) is 0. The van der Waals surface area contributed by atoms with Crippen LogP contribution in [0.25, 0.3) is 0 Å². The van der Waals surface area contributed by atoms with Gasteiger partial charge in [0.25, 0.3) is 0 Å². The molecule has 30 heavy (non-hydrogen) atoms. The van der Waals surface area contributed by atoms with Crippen molar-refractivity contribution in [2.24, 2.45) is 23.1 Å². The molecule has 0 saturated carbocycles. The number of rotatable bonds is 13. The van der Waals surface area contributed by atoms with Gasteiger partial charge in [0.15, 0.2) is 0 Å². The first-order chi connectivity index (χ1) is 13.8. The van der Waals surface area contributed by atoms with E-state index in [1.54, 1.807) is 13.8 Å². The molecule has 0 heterocycles. The van der Waals surface area contributed by atoms with E-state index < -0.39 is 85.0 Å². The lowest BCUT2D eigenvalue weighted by atomic mass is 10.0. The molecule has 0 spiro atoms. The van der Waals surface area contributed by atoms with Crippen molar-refractivity contribution in [1.82, 2.24) is 16.0 Å². The van der Waals surface area contributed by atoms with Gasteiger partial charge in [-0.1, -0.05) is 13.8 Å². The fourth-order valence-corrected chi connectivity index (χ4v) is 2.23. The molecule has 170 valence electrons. The summed E-state index contributed by atoms with van der Waals surface area (Å²) in [4.78, 5) is 69.7. The molecule has 0 rings (SSSR count). The van der Waals surface area contributed by atoms with Crippen LogP contribution in [0.4, 0.5) is 0 Å². The van der Waals surface area contributed by atoms with Gasteiger partial charge in [0, 0.05) is 0 Å². The van der Waals surface area contributed by atoms with E-state index in [2.05, 4.69) is 16.0 Å². The number of aliphatic carboxylic acids is 1. The molecular formula is C16H28N6O8. The molecule has 14 nitrogen and oxygen atoms in total. The molecule has 0 aliphatic carbocycles. The van der Waals surface area contributed by atoms with Crippen molar-refractivity contribution >= 4 is 35.5 Å². The van der Waals surface area contributed by atoms with Crippen LogP contribution in [0.5, 0.6) is 0 Å². The zero-order chi connectivity index (χ0) is 23.6. The van der Waals surface area contributed by atoms with Crippen molar-refractivity contribution in [3.63, 3.8) is 0 Å². The maximum Gasteiger partial charge on any atom is 0.326 e. The summed E-state index contributed by atoms with van der Waals surface area (Å²) in [5.41, 5.74) is 15.3. The highest BCUT2D eigenvalue weighted by atomic mass is 16.4. The van der Waals surface area contributed by atoms with Crippen LogP contribution in [0.1, 0.15) is 26.7 Å². The van der Waals surface area contributed by atoms with Crippen molar-refractivity contribution in [3.8, 4) is 0 Å². The number of carboxylic acid groups (broad SMARTS) is 1. The van der Waals surface area contributed by atoms with Crippen LogP contribution in [0.3, 0.4) is 0 Å². The molecule has 11 N–H and O–H groups in total. The van der Waals surface area contributed by atoms with Gasteiger partial charge in [-0.25, -0.2) is 4.79 Å². The molecule has 0 bridgehead atoms. The van der Waals surface area contributed by atoms with Crippen LogP contribution < -0.4 is 33.2 Å². The third-order valence-electron chi connectivity index (χ3n) is 3.84.